The molecule has 0 aliphatic rings. The number of rotatable bonds is 9. The van der Waals surface area contributed by atoms with E-state index in [1.54, 1.807) is 13.2 Å². The first kappa shape index (κ1) is 17.8. The van der Waals surface area contributed by atoms with E-state index < -0.39 is 0 Å². The fourth-order valence-corrected chi connectivity index (χ4v) is 2.22. The first-order valence-electron chi connectivity index (χ1n) is 8.08. The smallest absolute Gasteiger partial charge is 0.319 e. The summed E-state index contributed by atoms with van der Waals surface area (Å²) in [4.78, 5) is 11.9. The summed E-state index contributed by atoms with van der Waals surface area (Å²) in [5.41, 5.74) is 1.98. The highest BCUT2D eigenvalue weighted by Gasteiger charge is 2.03. The summed E-state index contributed by atoms with van der Waals surface area (Å²) in [5.74, 6) is 0.703. The van der Waals surface area contributed by atoms with Crippen LogP contribution in [0.3, 0.4) is 0 Å². The highest BCUT2D eigenvalue weighted by Crippen LogP contribution is 2.17. The van der Waals surface area contributed by atoms with Crippen LogP contribution in [-0.2, 0) is 11.2 Å². The fraction of sp³-hybridized carbons (Fsp3) is 0.316. The van der Waals surface area contributed by atoms with E-state index in [0.717, 1.165) is 12.8 Å². The molecular formula is C19H24N2O3. The van der Waals surface area contributed by atoms with Crippen molar-refractivity contribution in [3.8, 4) is 5.75 Å². The minimum Gasteiger partial charge on any atom is -0.491 e. The van der Waals surface area contributed by atoms with Crippen LogP contribution in [0.4, 0.5) is 10.5 Å². The van der Waals surface area contributed by atoms with Gasteiger partial charge in [0.05, 0.1) is 6.61 Å². The molecule has 0 radical (unpaired) electrons. The van der Waals surface area contributed by atoms with Crippen LogP contribution in [-0.4, -0.2) is 32.9 Å². The van der Waals surface area contributed by atoms with Crippen LogP contribution < -0.4 is 15.4 Å². The standard InChI is InChI=1S/C19H24N2O3/c1-23-13-14-24-18-11-5-10-17(15-18)21-19(22)20-12-6-9-16-7-3-2-4-8-16/h2-5,7-8,10-11,15H,6,9,12-14H2,1H3,(H2,20,21,22). The number of methoxy groups -OCH3 is 1. The average molecular weight is 328 g/mol. The first-order chi connectivity index (χ1) is 11.8. The molecular weight excluding hydrogens is 304 g/mol. The van der Waals surface area contributed by atoms with Gasteiger partial charge < -0.3 is 20.1 Å². The summed E-state index contributed by atoms with van der Waals surface area (Å²) in [6.45, 7) is 1.63. The molecule has 5 nitrogen and oxygen atoms in total. The van der Waals surface area contributed by atoms with E-state index in [-0.39, 0.29) is 6.03 Å². The second-order valence-electron chi connectivity index (χ2n) is 5.34. The average Bonchev–Trinajstić information content (AvgIpc) is 2.60. The van der Waals surface area contributed by atoms with E-state index in [1.807, 2.05) is 36.4 Å². The summed E-state index contributed by atoms with van der Waals surface area (Å²) in [6, 6.07) is 17.3. The number of aryl methyl sites for hydroxylation is 1. The number of hydrogen-bond acceptors (Lipinski definition) is 3. The molecule has 2 N–H and O–H groups in total. The molecule has 0 aromatic heterocycles. The first-order valence-corrected chi connectivity index (χ1v) is 8.08. The zero-order valence-corrected chi connectivity index (χ0v) is 14.0. The molecule has 0 aliphatic carbocycles. The highest BCUT2D eigenvalue weighted by atomic mass is 16.5. The zero-order valence-electron chi connectivity index (χ0n) is 14.0. The van der Waals surface area contributed by atoms with Gasteiger partial charge in [-0.2, -0.15) is 0 Å². The van der Waals surface area contributed by atoms with Gasteiger partial charge in [0.25, 0.3) is 0 Å². The number of hydrogen-bond donors (Lipinski definition) is 2. The monoisotopic (exact) mass is 328 g/mol. The number of nitrogens with one attached hydrogen (secondary N) is 2. The van der Waals surface area contributed by atoms with Crippen molar-refractivity contribution in [3.63, 3.8) is 0 Å². The Morgan fingerprint density at radius 1 is 1.04 bits per heavy atom. The van der Waals surface area contributed by atoms with Crippen molar-refractivity contribution in [1.82, 2.24) is 5.32 Å². The van der Waals surface area contributed by atoms with Crippen molar-refractivity contribution in [2.45, 2.75) is 12.8 Å². The summed E-state index contributed by atoms with van der Waals surface area (Å²) in [5, 5.41) is 5.67. The molecule has 2 amide bonds. The Hall–Kier alpha value is -2.53. The highest BCUT2D eigenvalue weighted by molar-refractivity contribution is 5.89. The molecule has 0 atom stereocenters. The van der Waals surface area contributed by atoms with Gasteiger partial charge in [-0.1, -0.05) is 36.4 Å². The van der Waals surface area contributed by atoms with Gasteiger partial charge in [-0.05, 0) is 30.5 Å². The lowest BCUT2D eigenvalue weighted by Crippen LogP contribution is -2.29. The van der Waals surface area contributed by atoms with Crippen molar-refractivity contribution in [3.05, 3.63) is 60.2 Å². The second-order valence-corrected chi connectivity index (χ2v) is 5.34. The van der Waals surface area contributed by atoms with Crippen molar-refractivity contribution >= 4 is 11.7 Å². The molecule has 0 bridgehead atoms. The van der Waals surface area contributed by atoms with Crippen LogP contribution in [0.15, 0.2) is 54.6 Å². The van der Waals surface area contributed by atoms with E-state index in [9.17, 15) is 4.79 Å². The van der Waals surface area contributed by atoms with E-state index in [1.165, 1.54) is 5.56 Å². The van der Waals surface area contributed by atoms with E-state index in [2.05, 4.69) is 22.8 Å². The van der Waals surface area contributed by atoms with Gasteiger partial charge in [0.2, 0.25) is 0 Å². The summed E-state index contributed by atoms with van der Waals surface area (Å²) in [6.07, 6.45) is 1.85. The molecule has 0 saturated carbocycles. The molecule has 0 unspecified atom stereocenters. The van der Waals surface area contributed by atoms with E-state index in [0.29, 0.717) is 31.2 Å². The van der Waals surface area contributed by atoms with E-state index in [4.69, 9.17) is 9.47 Å². The lowest BCUT2D eigenvalue weighted by molar-refractivity contribution is 0.146. The number of anilines is 1. The SMILES string of the molecule is COCCOc1cccc(NC(=O)NCCCc2ccccc2)c1. The van der Waals surface area contributed by atoms with Crippen LogP contribution in [0.1, 0.15) is 12.0 Å². The molecule has 0 spiro atoms. The molecule has 5 heteroatoms. The number of urea groups is 1. The molecule has 0 fully saturated rings. The Morgan fingerprint density at radius 2 is 1.88 bits per heavy atom. The third-order valence-corrected chi connectivity index (χ3v) is 3.42. The molecule has 128 valence electrons. The Labute approximate surface area is 143 Å². The van der Waals surface area contributed by atoms with Crippen LogP contribution in [0.2, 0.25) is 0 Å². The molecule has 0 aliphatic heterocycles. The summed E-state index contributed by atoms with van der Waals surface area (Å²) >= 11 is 0. The maximum Gasteiger partial charge on any atom is 0.319 e. The zero-order chi connectivity index (χ0) is 17.0. The lowest BCUT2D eigenvalue weighted by Gasteiger charge is -2.10. The molecule has 2 aromatic rings. The minimum atomic E-state index is -0.211. The van der Waals surface area contributed by atoms with Gasteiger partial charge in [0.15, 0.2) is 0 Å². The molecule has 2 rings (SSSR count). The Morgan fingerprint density at radius 3 is 2.67 bits per heavy atom. The lowest BCUT2D eigenvalue weighted by atomic mass is 10.1. The summed E-state index contributed by atoms with van der Waals surface area (Å²) in [7, 11) is 1.63. The third kappa shape index (κ3) is 6.71. The van der Waals surface area contributed by atoms with Crippen molar-refractivity contribution in [2.24, 2.45) is 0 Å². The van der Waals surface area contributed by atoms with Gasteiger partial charge in [0, 0.05) is 25.4 Å². The fourth-order valence-electron chi connectivity index (χ4n) is 2.22. The normalized spacial score (nSPS) is 10.2. The van der Waals surface area contributed by atoms with Gasteiger partial charge in [-0.25, -0.2) is 4.79 Å². The maximum atomic E-state index is 11.9. The minimum absolute atomic E-state index is 0.211. The largest absolute Gasteiger partial charge is 0.491 e. The van der Waals surface area contributed by atoms with Crippen molar-refractivity contribution < 1.29 is 14.3 Å². The predicted octanol–water partition coefficient (Wildman–Crippen LogP) is 3.47. The van der Waals surface area contributed by atoms with Gasteiger partial charge in [-0.3, -0.25) is 0 Å². The number of benzene rings is 2. The van der Waals surface area contributed by atoms with Gasteiger partial charge >= 0.3 is 6.03 Å². The van der Waals surface area contributed by atoms with Gasteiger partial charge in [-0.15, -0.1) is 0 Å². The Balaban J connectivity index is 1.69. The van der Waals surface area contributed by atoms with E-state index >= 15 is 0 Å². The Kier molecular flexibility index (Phi) is 7.63. The second kappa shape index (κ2) is 10.3. The van der Waals surface area contributed by atoms with Crippen LogP contribution in [0, 0.1) is 0 Å². The molecule has 0 saturated heterocycles. The van der Waals surface area contributed by atoms with Gasteiger partial charge in [0.1, 0.15) is 12.4 Å². The van der Waals surface area contributed by atoms with Crippen molar-refractivity contribution in [1.29, 1.82) is 0 Å². The molecule has 2 aromatic carbocycles. The number of carbonyl (C=O) groups excluding carboxylic acids is 1. The third-order valence-electron chi connectivity index (χ3n) is 3.42. The number of carbonyl (C=O) groups is 1. The maximum absolute atomic E-state index is 11.9. The van der Waals surface area contributed by atoms with Crippen LogP contribution in [0.25, 0.3) is 0 Å². The number of ether oxygens (including phenoxy) is 2. The number of amides is 2. The Bertz CT molecular complexity index is 617. The van der Waals surface area contributed by atoms with Crippen LogP contribution >= 0.6 is 0 Å². The summed E-state index contributed by atoms with van der Waals surface area (Å²) < 4.78 is 10.5. The molecule has 0 heterocycles. The quantitative estimate of drug-likeness (QED) is 0.693. The van der Waals surface area contributed by atoms with Crippen molar-refractivity contribution in [2.75, 3.05) is 32.2 Å². The predicted molar refractivity (Wildman–Crippen MR) is 95.6 cm³/mol. The topological polar surface area (TPSA) is 59.6 Å². The van der Waals surface area contributed by atoms with Crippen LogP contribution in [0.5, 0.6) is 5.75 Å². The molecule has 24 heavy (non-hydrogen) atoms.